The summed E-state index contributed by atoms with van der Waals surface area (Å²) < 4.78 is 6.84. The molecule has 1 aliphatic heterocycles. The van der Waals surface area contributed by atoms with Crippen LogP contribution in [0.1, 0.15) is 32.6 Å². The minimum absolute atomic E-state index is 0.238. The lowest BCUT2D eigenvalue weighted by molar-refractivity contribution is -0.137. The molecule has 6 nitrogen and oxygen atoms in total. The quantitative estimate of drug-likeness (QED) is 0.354. The van der Waals surface area contributed by atoms with E-state index in [-0.39, 0.29) is 6.42 Å². The average molecular weight is 235 g/mol. The third-order valence-electron chi connectivity index (χ3n) is 2.15. The molecular formula is C8H17N3O3S. The third kappa shape index (κ3) is 4.35. The number of unbranched alkanes of at least 4 members (excludes halogenated alkanes) is 2. The molecule has 0 spiro atoms. The largest absolute Gasteiger partial charge is 0.481 e. The number of carbonyl (C=O) groups is 1. The molecule has 1 aliphatic rings. The zero-order valence-electron chi connectivity index (χ0n) is 8.73. The van der Waals surface area contributed by atoms with E-state index >= 15 is 0 Å². The second-order valence-electron chi connectivity index (χ2n) is 3.71. The van der Waals surface area contributed by atoms with Crippen molar-refractivity contribution in [2.45, 2.75) is 38.4 Å². The van der Waals surface area contributed by atoms with Gasteiger partial charge in [0.1, 0.15) is 12.2 Å². The zero-order valence-corrected chi connectivity index (χ0v) is 9.55. The van der Waals surface area contributed by atoms with Crippen molar-refractivity contribution >= 4 is 18.2 Å². The molecule has 0 bridgehead atoms. The first kappa shape index (κ1) is 12.7. The van der Waals surface area contributed by atoms with Crippen molar-refractivity contribution in [3.8, 4) is 0 Å². The number of rotatable bonds is 6. The summed E-state index contributed by atoms with van der Waals surface area (Å²) in [7, 11) is 0. The van der Waals surface area contributed by atoms with Crippen LogP contribution in [0.25, 0.3) is 0 Å². The molecule has 15 heavy (non-hydrogen) atoms. The van der Waals surface area contributed by atoms with Gasteiger partial charge in [0.2, 0.25) is 0 Å². The van der Waals surface area contributed by atoms with Crippen LogP contribution in [-0.2, 0) is 9.08 Å². The summed E-state index contributed by atoms with van der Waals surface area (Å²) >= 11 is 1.19. The van der Waals surface area contributed by atoms with Gasteiger partial charge < -0.3 is 5.11 Å². The van der Waals surface area contributed by atoms with Crippen molar-refractivity contribution < 1.29 is 14.2 Å². The highest BCUT2D eigenvalue weighted by molar-refractivity contribution is 7.92. The fourth-order valence-corrected chi connectivity index (χ4v) is 1.95. The number of hydroxylamine groups is 1. The molecule has 88 valence electrons. The zero-order chi connectivity index (χ0) is 11.3. The molecule has 1 saturated heterocycles. The second-order valence-corrected chi connectivity index (χ2v) is 4.47. The number of nitrogens with one attached hydrogen (secondary N) is 1. The van der Waals surface area contributed by atoms with Crippen LogP contribution in [0.4, 0.5) is 0 Å². The van der Waals surface area contributed by atoms with Crippen LogP contribution >= 0.6 is 12.2 Å². The summed E-state index contributed by atoms with van der Waals surface area (Å²) in [6, 6.07) is 0. The molecule has 1 fully saturated rings. The summed E-state index contributed by atoms with van der Waals surface area (Å²) in [6.45, 7) is 2.61. The number of hydrogen-bond donors (Lipinski definition) is 3. The van der Waals surface area contributed by atoms with E-state index in [4.69, 9.17) is 15.1 Å². The fourth-order valence-electron chi connectivity index (χ4n) is 1.25. The highest BCUT2D eigenvalue weighted by Crippen LogP contribution is 2.25. The first-order chi connectivity index (χ1) is 7.02. The Hall–Kier alpha value is -0.340. The number of carboxylic acid groups (broad SMARTS) is 1. The first-order valence-corrected chi connectivity index (χ1v) is 5.61. The highest BCUT2D eigenvalue weighted by atomic mass is 32.2. The van der Waals surface area contributed by atoms with E-state index in [9.17, 15) is 4.79 Å². The van der Waals surface area contributed by atoms with Gasteiger partial charge in [0.25, 0.3) is 0 Å². The van der Waals surface area contributed by atoms with Gasteiger partial charge in [-0.05, 0) is 19.8 Å². The first-order valence-electron chi connectivity index (χ1n) is 4.91. The van der Waals surface area contributed by atoms with Crippen LogP contribution in [0.5, 0.6) is 0 Å². The van der Waals surface area contributed by atoms with E-state index in [0.29, 0.717) is 6.42 Å². The minimum atomic E-state index is -0.737. The molecule has 1 heterocycles. The van der Waals surface area contributed by atoms with E-state index in [2.05, 4.69) is 5.48 Å². The summed E-state index contributed by atoms with van der Waals surface area (Å²) in [5, 5.41) is 8.44. The van der Waals surface area contributed by atoms with Gasteiger partial charge >= 0.3 is 5.97 Å². The molecule has 4 N–H and O–H groups in total. The normalized spacial score (nSPS) is 27.1. The van der Waals surface area contributed by atoms with Crippen LogP contribution in [0.2, 0.25) is 0 Å². The standard InChI is InChI=1S/C8H17N3O3S/c1-8(9)10-14-15-11(8)6-4-2-3-5-7(12)13/h10H,2-6,9H2,1H3,(H,12,13). The molecule has 1 rings (SSSR count). The van der Waals surface area contributed by atoms with Crippen molar-refractivity contribution in [2.24, 2.45) is 5.73 Å². The minimum Gasteiger partial charge on any atom is -0.481 e. The van der Waals surface area contributed by atoms with Gasteiger partial charge in [-0.15, -0.1) is 0 Å². The smallest absolute Gasteiger partial charge is 0.303 e. The Morgan fingerprint density at radius 1 is 1.60 bits per heavy atom. The Balaban J connectivity index is 2.07. The van der Waals surface area contributed by atoms with Gasteiger partial charge in [0.15, 0.2) is 5.79 Å². The van der Waals surface area contributed by atoms with Gasteiger partial charge in [-0.3, -0.25) is 10.5 Å². The molecule has 7 heteroatoms. The predicted octanol–water partition coefficient (Wildman–Crippen LogP) is 0.664. The number of aliphatic carboxylic acids is 1. The fraction of sp³-hybridized carbons (Fsp3) is 0.875. The Labute approximate surface area is 93.4 Å². The maximum Gasteiger partial charge on any atom is 0.303 e. The van der Waals surface area contributed by atoms with Gasteiger partial charge in [0.05, 0.1) is 0 Å². The molecular weight excluding hydrogens is 218 g/mol. The monoisotopic (exact) mass is 235 g/mol. The summed E-state index contributed by atoms with van der Waals surface area (Å²) in [4.78, 5) is 10.3. The second kappa shape index (κ2) is 5.66. The Bertz CT molecular complexity index is 225. The number of hydrogen-bond acceptors (Lipinski definition) is 6. The van der Waals surface area contributed by atoms with Gasteiger partial charge in [-0.1, -0.05) is 6.42 Å². The number of nitrogens with zero attached hydrogens (tertiary/aromatic N) is 1. The van der Waals surface area contributed by atoms with Gasteiger partial charge in [-0.25, -0.2) is 4.28 Å². The maximum atomic E-state index is 10.3. The molecule has 1 unspecified atom stereocenters. The topological polar surface area (TPSA) is 87.8 Å². The van der Waals surface area contributed by atoms with Crippen LogP contribution in [-0.4, -0.2) is 27.7 Å². The SMILES string of the molecule is CC1(N)NOSN1CCCCCC(=O)O. The Kier molecular flexibility index (Phi) is 4.81. The molecule has 0 aromatic heterocycles. The number of carboxylic acids is 1. The Morgan fingerprint density at radius 3 is 2.87 bits per heavy atom. The van der Waals surface area contributed by atoms with E-state index in [1.807, 2.05) is 11.2 Å². The lowest BCUT2D eigenvalue weighted by Crippen LogP contribution is -2.55. The highest BCUT2D eigenvalue weighted by Gasteiger charge is 2.34. The third-order valence-corrected chi connectivity index (χ3v) is 3.05. The molecule has 0 aromatic carbocycles. The van der Waals surface area contributed by atoms with Crippen LogP contribution in [0, 0.1) is 0 Å². The average Bonchev–Trinajstić information content (AvgIpc) is 2.44. The van der Waals surface area contributed by atoms with Crippen LogP contribution < -0.4 is 11.2 Å². The summed E-state index contributed by atoms with van der Waals surface area (Å²) in [5.41, 5.74) is 8.54. The predicted molar refractivity (Wildman–Crippen MR) is 57.2 cm³/mol. The van der Waals surface area contributed by atoms with Crippen molar-refractivity contribution in [2.75, 3.05) is 6.54 Å². The van der Waals surface area contributed by atoms with Crippen molar-refractivity contribution in [3.63, 3.8) is 0 Å². The summed E-state index contributed by atoms with van der Waals surface area (Å²) in [6.07, 6.45) is 2.75. The van der Waals surface area contributed by atoms with Crippen molar-refractivity contribution in [1.82, 2.24) is 9.79 Å². The Morgan fingerprint density at radius 2 is 2.33 bits per heavy atom. The molecule has 0 aliphatic carbocycles. The van der Waals surface area contributed by atoms with Crippen LogP contribution in [0.15, 0.2) is 0 Å². The summed E-state index contributed by atoms with van der Waals surface area (Å²) in [5.74, 6) is -1.38. The van der Waals surface area contributed by atoms with Crippen molar-refractivity contribution in [1.29, 1.82) is 0 Å². The van der Waals surface area contributed by atoms with E-state index < -0.39 is 11.8 Å². The lowest BCUT2D eigenvalue weighted by Gasteiger charge is -2.25. The number of nitrogens with two attached hydrogens (primary N) is 1. The van der Waals surface area contributed by atoms with Gasteiger partial charge in [-0.2, -0.15) is 9.79 Å². The molecule has 0 radical (unpaired) electrons. The maximum absolute atomic E-state index is 10.3. The molecule has 0 saturated carbocycles. The van der Waals surface area contributed by atoms with E-state index in [0.717, 1.165) is 19.4 Å². The van der Waals surface area contributed by atoms with E-state index in [1.54, 1.807) is 0 Å². The molecule has 0 aromatic rings. The molecule has 0 amide bonds. The van der Waals surface area contributed by atoms with Crippen molar-refractivity contribution in [3.05, 3.63) is 0 Å². The van der Waals surface area contributed by atoms with E-state index in [1.165, 1.54) is 12.2 Å². The molecule has 1 atom stereocenters. The van der Waals surface area contributed by atoms with Gasteiger partial charge in [0, 0.05) is 13.0 Å². The van der Waals surface area contributed by atoms with Crippen LogP contribution in [0.3, 0.4) is 0 Å². The lowest BCUT2D eigenvalue weighted by atomic mass is 10.2.